The summed E-state index contributed by atoms with van der Waals surface area (Å²) < 4.78 is 66.4. The first-order valence-electron chi connectivity index (χ1n) is 21.6. The summed E-state index contributed by atoms with van der Waals surface area (Å²) in [6.07, 6.45) is 14.8. The Kier molecular flexibility index (Phi) is 42.0. The molecule has 0 unspecified atom stereocenters. The van der Waals surface area contributed by atoms with Gasteiger partial charge in [-0.1, -0.05) is 71.1 Å². The molecule has 334 valence electrons. The summed E-state index contributed by atoms with van der Waals surface area (Å²) in [5.41, 5.74) is 0.733. The minimum absolute atomic E-state index is 0.107. The highest BCUT2D eigenvalue weighted by molar-refractivity contribution is 5.88. The Hall–Kier alpha value is -1.95. The van der Waals surface area contributed by atoms with Crippen LogP contribution in [0.1, 0.15) is 84.5 Å². The first-order chi connectivity index (χ1) is 28.2. The molecule has 0 bridgehead atoms. The summed E-state index contributed by atoms with van der Waals surface area (Å²) in [5.74, 6) is 0.611. The molecule has 14 nitrogen and oxygen atoms in total. The minimum atomic E-state index is -0.107. The highest BCUT2D eigenvalue weighted by Crippen LogP contribution is 2.15. The van der Waals surface area contributed by atoms with Crippen LogP contribution < -0.4 is 10.1 Å². The van der Waals surface area contributed by atoms with E-state index in [0.29, 0.717) is 145 Å². The number of hydrogen-bond donors (Lipinski definition) is 1. The fourth-order valence-corrected chi connectivity index (χ4v) is 5.23. The van der Waals surface area contributed by atoms with Crippen molar-refractivity contribution in [2.24, 2.45) is 0 Å². The van der Waals surface area contributed by atoms with Crippen molar-refractivity contribution in [1.82, 2.24) is 0 Å². The van der Waals surface area contributed by atoms with Crippen molar-refractivity contribution in [2.45, 2.75) is 84.5 Å². The van der Waals surface area contributed by atoms with Crippen LogP contribution in [0.5, 0.6) is 5.75 Å². The second-order valence-corrected chi connectivity index (χ2v) is 13.3. The van der Waals surface area contributed by atoms with Gasteiger partial charge in [0.05, 0.1) is 139 Å². The molecule has 1 amide bonds. The molecular weight excluding hydrogens is 738 g/mol. The lowest BCUT2D eigenvalue weighted by Crippen LogP contribution is -2.15. The molecule has 1 rings (SSSR count). The Balaban J connectivity index is 1.63. The van der Waals surface area contributed by atoms with E-state index in [4.69, 9.17) is 56.8 Å². The van der Waals surface area contributed by atoms with E-state index in [9.17, 15) is 4.79 Å². The van der Waals surface area contributed by atoms with Gasteiger partial charge in [-0.15, -0.1) is 0 Å². The zero-order chi connectivity index (χ0) is 40.8. The monoisotopic (exact) mass is 818 g/mol. The highest BCUT2D eigenvalue weighted by atomic mass is 16.6. The Morgan fingerprint density at radius 1 is 0.368 bits per heavy atom. The number of amides is 1. The van der Waals surface area contributed by atoms with Crippen LogP contribution in [0.15, 0.2) is 24.3 Å². The molecule has 0 atom stereocenters. The topological polar surface area (TPSA) is 140 Å². The maximum atomic E-state index is 11.1. The summed E-state index contributed by atoms with van der Waals surface area (Å²) in [4.78, 5) is 11.1. The van der Waals surface area contributed by atoms with E-state index in [1.807, 2.05) is 0 Å². The molecule has 0 aliphatic heterocycles. The molecule has 57 heavy (non-hydrogen) atoms. The summed E-state index contributed by atoms with van der Waals surface area (Å²) in [7, 11) is 0. The smallest absolute Gasteiger partial charge is 0.221 e. The number of anilines is 1. The average molecular weight is 818 g/mol. The molecule has 1 aromatic rings. The van der Waals surface area contributed by atoms with Gasteiger partial charge in [-0.25, -0.2) is 0 Å². The Labute approximate surface area is 344 Å². The minimum Gasteiger partial charge on any atom is -0.491 e. The van der Waals surface area contributed by atoms with Gasteiger partial charge in [-0.2, -0.15) is 0 Å². The van der Waals surface area contributed by atoms with Crippen molar-refractivity contribution < 1.29 is 61.6 Å². The molecule has 0 aromatic heterocycles. The molecule has 0 aliphatic rings. The summed E-state index contributed by atoms with van der Waals surface area (Å²) in [6, 6.07) is 7.19. The quantitative estimate of drug-likeness (QED) is 0.0716. The lowest BCUT2D eigenvalue weighted by Gasteiger charge is -2.09. The Morgan fingerprint density at radius 3 is 0.930 bits per heavy atom. The first kappa shape index (κ1) is 53.1. The summed E-state index contributed by atoms with van der Waals surface area (Å²) >= 11 is 0. The molecule has 1 aromatic carbocycles. The van der Waals surface area contributed by atoms with Gasteiger partial charge in [0, 0.05) is 19.2 Å². The largest absolute Gasteiger partial charge is 0.491 e. The highest BCUT2D eigenvalue weighted by Gasteiger charge is 2.00. The van der Waals surface area contributed by atoms with Crippen LogP contribution in [0, 0.1) is 0 Å². The number of nitrogens with one attached hydrogen (secondary N) is 1. The van der Waals surface area contributed by atoms with E-state index in [1.165, 1.54) is 71.1 Å². The van der Waals surface area contributed by atoms with Gasteiger partial charge < -0.3 is 62.2 Å². The maximum absolute atomic E-state index is 11.1. The molecular formula is C43H79NO13. The van der Waals surface area contributed by atoms with Crippen molar-refractivity contribution in [1.29, 1.82) is 0 Å². The third-order valence-electron chi connectivity index (χ3n) is 8.28. The van der Waals surface area contributed by atoms with Crippen molar-refractivity contribution in [3.05, 3.63) is 24.3 Å². The number of carbonyl (C=O) groups excluding carboxylic acids is 1. The first-order valence-corrected chi connectivity index (χ1v) is 21.6. The van der Waals surface area contributed by atoms with Crippen LogP contribution >= 0.6 is 0 Å². The van der Waals surface area contributed by atoms with Crippen LogP contribution in [-0.2, 0) is 56.9 Å². The normalized spacial score (nSPS) is 11.4. The molecule has 0 fully saturated rings. The number of hydrogen-bond acceptors (Lipinski definition) is 13. The summed E-state index contributed by atoms with van der Waals surface area (Å²) in [5, 5.41) is 2.71. The molecule has 0 heterocycles. The summed E-state index contributed by atoms with van der Waals surface area (Å²) in [6.45, 7) is 15.9. The van der Waals surface area contributed by atoms with E-state index in [-0.39, 0.29) is 5.91 Å². The van der Waals surface area contributed by atoms with Crippen LogP contribution in [0.3, 0.4) is 0 Å². The Bertz CT molecular complexity index is 944. The van der Waals surface area contributed by atoms with Gasteiger partial charge >= 0.3 is 0 Å². The predicted molar refractivity (Wildman–Crippen MR) is 222 cm³/mol. The predicted octanol–water partition coefficient (Wildman–Crippen LogP) is 6.52. The molecule has 1 N–H and O–H groups in total. The zero-order valence-corrected chi connectivity index (χ0v) is 35.7. The lowest BCUT2D eigenvalue weighted by atomic mass is 10.1. The van der Waals surface area contributed by atoms with Gasteiger partial charge in [0.15, 0.2) is 0 Å². The third kappa shape index (κ3) is 42.0. The third-order valence-corrected chi connectivity index (χ3v) is 8.28. The zero-order valence-electron chi connectivity index (χ0n) is 35.7. The molecule has 0 saturated carbocycles. The molecule has 14 heteroatoms. The van der Waals surface area contributed by atoms with Crippen molar-refractivity contribution in [3.63, 3.8) is 0 Å². The number of unbranched alkanes of at least 4 members (excludes halogenated alkanes) is 10. The number of carbonyl (C=O) groups is 1. The van der Waals surface area contributed by atoms with E-state index in [0.717, 1.165) is 24.5 Å². The lowest BCUT2D eigenvalue weighted by molar-refractivity contribution is -0.114. The average Bonchev–Trinajstić information content (AvgIpc) is 3.21. The van der Waals surface area contributed by atoms with E-state index < -0.39 is 0 Å². The number of ether oxygens (including phenoxy) is 12. The van der Waals surface area contributed by atoms with Crippen molar-refractivity contribution in [2.75, 3.05) is 157 Å². The van der Waals surface area contributed by atoms with Gasteiger partial charge in [0.2, 0.25) is 5.91 Å². The molecule has 0 saturated heterocycles. The number of benzene rings is 1. The van der Waals surface area contributed by atoms with Crippen LogP contribution in [0.25, 0.3) is 0 Å². The van der Waals surface area contributed by atoms with Crippen LogP contribution in [0.4, 0.5) is 5.69 Å². The molecule has 0 radical (unpaired) electrons. The maximum Gasteiger partial charge on any atom is 0.221 e. The SMILES string of the molecule is CCCCCCCCCCCCCOCCOCCOCCOCCOCCOCCOCCOCCOCCOCCOCCOc1ccc(NC(C)=O)cc1. The second kappa shape index (κ2) is 45.1. The van der Waals surface area contributed by atoms with Gasteiger partial charge in [-0.05, 0) is 30.7 Å². The number of rotatable bonds is 47. The van der Waals surface area contributed by atoms with Gasteiger partial charge in [0.1, 0.15) is 12.4 Å². The van der Waals surface area contributed by atoms with Crippen molar-refractivity contribution >= 4 is 11.6 Å². The van der Waals surface area contributed by atoms with Gasteiger partial charge in [-0.3, -0.25) is 4.79 Å². The standard InChI is InChI=1S/C43H79NO13/c1-3-4-5-6-7-8-9-10-11-12-13-18-46-19-20-47-21-22-48-23-24-49-25-26-50-27-28-51-29-30-52-31-32-53-33-34-54-35-36-55-37-38-56-39-40-57-43-16-14-42(15-17-43)44-41(2)45/h14-17H,3-13,18-40H2,1-2H3,(H,44,45). The van der Waals surface area contributed by atoms with Gasteiger partial charge in [0.25, 0.3) is 0 Å². The fraction of sp³-hybridized carbons (Fsp3) is 0.837. The fourth-order valence-electron chi connectivity index (χ4n) is 5.23. The van der Waals surface area contributed by atoms with E-state index in [2.05, 4.69) is 12.2 Å². The van der Waals surface area contributed by atoms with E-state index >= 15 is 0 Å². The van der Waals surface area contributed by atoms with Crippen LogP contribution in [-0.4, -0.2) is 158 Å². The van der Waals surface area contributed by atoms with Crippen molar-refractivity contribution in [3.8, 4) is 5.75 Å². The van der Waals surface area contributed by atoms with Crippen LogP contribution in [0.2, 0.25) is 0 Å². The second-order valence-electron chi connectivity index (χ2n) is 13.3. The molecule has 0 spiro atoms. The molecule has 0 aliphatic carbocycles. The Morgan fingerprint density at radius 2 is 0.632 bits per heavy atom. The van der Waals surface area contributed by atoms with E-state index in [1.54, 1.807) is 24.3 Å².